The maximum atomic E-state index is 12.5. The maximum absolute atomic E-state index is 12.5. The van der Waals surface area contributed by atoms with E-state index in [0.29, 0.717) is 24.4 Å². The first-order valence-electron chi connectivity index (χ1n) is 7.35. The van der Waals surface area contributed by atoms with Crippen molar-refractivity contribution in [3.05, 3.63) is 35.4 Å². The van der Waals surface area contributed by atoms with Crippen LogP contribution in [0.3, 0.4) is 0 Å². The van der Waals surface area contributed by atoms with Crippen molar-refractivity contribution in [1.29, 1.82) is 0 Å². The lowest BCUT2D eigenvalue weighted by molar-refractivity contribution is -0.134. The van der Waals surface area contributed by atoms with Gasteiger partial charge in [0, 0.05) is 19.0 Å². The van der Waals surface area contributed by atoms with E-state index in [0.717, 1.165) is 19.4 Å². The van der Waals surface area contributed by atoms with Crippen molar-refractivity contribution >= 4 is 5.91 Å². The summed E-state index contributed by atoms with van der Waals surface area (Å²) in [4.78, 5) is 14.7. The fourth-order valence-corrected chi connectivity index (χ4v) is 3.17. The smallest absolute Gasteiger partial charge is 0.224 e. The van der Waals surface area contributed by atoms with Gasteiger partial charge in [0.2, 0.25) is 5.91 Å². The quantitative estimate of drug-likeness (QED) is 0.878. The van der Waals surface area contributed by atoms with Crippen molar-refractivity contribution < 1.29 is 4.79 Å². The summed E-state index contributed by atoms with van der Waals surface area (Å²) >= 11 is 0. The highest BCUT2D eigenvalue weighted by Crippen LogP contribution is 2.41. The van der Waals surface area contributed by atoms with Crippen molar-refractivity contribution in [3.8, 4) is 0 Å². The molecule has 0 spiro atoms. The van der Waals surface area contributed by atoms with E-state index >= 15 is 0 Å². The molecule has 3 heteroatoms. The summed E-state index contributed by atoms with van der Waals surface area (Å²) in [6.45, 7) is 0.774. The second-order valence-corrected chi connectivity index (χ2v) is 5.64. The fourth-order valence-electron chi connectivity index (χ4n) is 3.17. The summed E-state index contributed by atoms with van der Waals surface area (Å²) in [7, 11) is 1.90. The number of aryl methyl sites for hydroxylation is 1. The van der Waals surface area contributed by atoms with Crippen LogP contribution in [0, 0.1) is 0 Å². The van der Waals surface area contributed by atoms with E-state index in [-0.39, 0.29) is 0 Å². The molecule has 1 aromatic carbocycles. The fraction of sp³-hybridized carbons (Fsp3) is 0.562. The first-order chi connectivity index (χ1) is 9.31. The molecule has 1 amide bonds. The summed E-state index contributed by atoms with van der Waals surface area (Å²) in [5.41, 5.74) is 2.81. The van der Waals surface area contributed by atoms with Crippen LogP contribution in [0.4, 0.5) is 0 Å². The van der Waals surface area contributed by atoms with Gasteiger partial charge >= 0.3 is 0 Å². The number of benzene rings is 1. The van der Waals surface area contributed by atoms with Gasteiger partial charge in [-0.2, -0.15) is 0 Å². The van der Waals surface area contributed by atoms with Gasteiger partial charge in [0.1, 0.15) is 0 Å². The normalized spacial score (nSPS) is 21.2. The molecule has 19 heavy (non-hydrogen) atoms. The molecule has 2 aliphatic rings. The Morgan fingerprint density at radius 1 is 1.32 bits per heavy atom. The van der Waals surface area contributed by atoms with Crippen molar-refractivity contribution in [1.82, 2.24) is 10.2 Å². The molecule has 2 aliphatic carbocycles. The van der Waals surface area contributed by atoms with E-state index in [1.54, 1.807) is 0 Å². The minimum atomic E-state index is 0.318. The predicted octanol–water partition coefficient (Wildman–Crippen LogP) is 2.27. The summed E-state index contributed by atoms with van der Waals surface area (Å²) in [6, 6.07) is 9.44. The zero-order chi connectivity index (χ0) is 13.2. The summed E-state index contributed by atoms with van der Waals surface area (Å²) in [6.07, 6.45) is 5.20. The molecular formula is C16H22N2O. The third-order valence-corrected chi connectivity index (χ3v) is 4.25. The number of carbonyl (C=O) groups is 1. The van der Waals surface area contributed by atoms with Crippen molar-refractivity contribution in [2.45, 2.75) is 44.2 Å². The van der Waals surface area contributed by atoms with Gasteiger partial charge in [-0.3, -0.25) is 4.79 Å². The lowest BCUT2D eigenvalue weighted by atomic mass is 10.1. The molecule has 1 N–H and O–H groups in total. The van der Waals surface area contributed by atoms with Crippen LogP contribution in [0.25, 0.3) is 0 Å². The van der Waals surface area contributed by atoms with Gasteiger partial charge in [0.15, 0.2) is 0 Å². The molecule has 0 saturated heterocycles. The van der Waals surface area contributed by atoms with E-state index < -0.39 is 0 Å². The zero-order valence-corrected chi connectivity index (χ0v) is 11.6. The molecule has 102 valence electrons. The molecule has 3 nitrogen and oxygen atoms in total. The Hall–Kier alpha value is -1.35. The minimum Gasteiger partial charge on any atom is -0.333 e. The van der Waals surface area contributed by atoms with Crippen LogP contribution >= 0.6 is 0 Å². The van der Waals surface area contributed by atoms with Gasteiger partial charge in [-0.1, -0.05) is 24.3 Å². The largest absolute Gasteiger partial charge is 0.333 e. The van der Waals surface area contributed by atoms with Crippen molar-refractivity contribution in [3.63, 3.8) is 0 Å². The highest BCUT2D eigenvalue weighted by atomic mass is 16.2. The van der Waals surface area contributed by atoms with E-state index in [1.165, 1.54) is 24.0 Å². The molecule has 0 radical (unpaired) electrons. The van der Waals surface area contributed by atoms with Crippen LogP contribution in [-0.2, 0) is 11.2 Å². The highest BCUT2D eigenvalue weighted by Gasteiger charge is 2.39. The Labute approximate surface area is 115 Å². The first kappa shape index (κ1) is 12.7. The number of carbonyl (C=O) groups excluding carboxylic acids is 1. The average Bonchev–Trinajstić information content (AvgIpc) is 3.17. The molecule has 1 atom stereocenters. The number of nitrogens with one attached hydrogen (secondary N) is 1. The first-order valence-corrected chi connectivity index (χ1v) is 7.35. The number of hydrogen-bond acceptors (Lipinski definition) is 2. The third kappa shape index (κ3) is 2.52. The van der Waals surface area contributed by atoms with Crippen LogP contribution in [0.1, 0.15) is 42.9 Å². The third-order valence-electron chi connectivity index (χ3n) is 4.25. The Kier molecular flexibility index (Phi) is 3.56. The van der Waals surface area contributed by atoms with Gasteiger partial charge in [-0.25, -0.2) is 0 Å². The Balaban J connectivity index is 1.80. The zero-order valence-electron chi connectivity index (χ0n) is 11.6. The summed E-state index contributed by atoms with van der Waals surface area (Å²) < 4.78 is 0. The molecule has 3 rings (SSSR count). The highest BCUT2D eigenvalue weighted by molar-refractivity contribution is 5.78. The molecular weight excluding hydrogens is 236 g/mol. The maximum Gasteiger partial charge on any atom is 0.224 e. The number of nitrogens with zero attached hydrogens (tertiary/aromatic N) is 1. The molecule has 1 unspecified atom stereocenters. The SMILES string of the molecule is CNCCC(=O)N(C1CC1)C1CCc2ccccc21. The van der Waals surface area contributed by atoms with Crippen LogP contribution in [0.15, 0.2) is 24.3 Å². The molecule has 1 aromatic rings. The molecule has 0 bridgehead atoms. The standard InChI is InChI=1S/C16H22N2O/c1-17-11-10-16(19)18(13-7-8-13)15-9-6-12-4-2-3-5-14(12)15/h2-5,13,15,17H,6-11H2,1H3. The van der Waals surface area contributed by atoms with E-state index in [4.69, 9.17) is 0 Å². The van der Waals surface area contributed by atoms with Crippen LogP contribution in [-0.4, -0.2) is 30.4 Å². The molecule has 0 heterocycles. The lowest BCUT2D eigenvalue weighted by Gasteiger charge is -2.30. The predicted molar refractivity (Wildman–Crippen MR) is 75.9 cm³/mol. The van der Waals surface area contributed by atoms with E-state index in [9.17, 15) is 4.79 Å². The van der Waals surface area contributed by atoms with Crippen LogP contribution in [0.5, 0.6) is 0 Å². The summed E-state index contributed by atoms with van der Waals surface area (Å²) in [5.74, 6) is 0.318. The number of fused-ring (bicyclic) bond motifs is 1. The van der Waals surface area contributed by atoms with Crippen molar-refractivity contribution in [2.75, 3.05) is 13.6 Å². The molecule has 1 saturated carbocycles. The Morgan fingerprint density at radius 3 is 2.84 bits per heavy atom. The second-order valence-electron chi connectivity index (χ2n) is 5.64. The Bertz CT molecular complexity index is 468. The molecule has 0 aliphatic heterocycles. The Morgan fingerprint density at radius 2 is 2.11 bits per heavy atom. The number of rotatable bonds is 5. The minimum absolute atomic E-state index is 0.318. The summed E-state index contributed by atoms with van der Waals surface area (Å²) in [5, 5.41) is 3.08. The lowest BCUT2D eigenvalue weighted by Crippen LogP contribution is -2.37. The average molecular weight is 258 g/mol. The van der Waals surface area contributed by atoms with Crippen LogP contribution < -0.4 is 5.32 Å². The van der Waals surface area contributed by atoms with Gasteiger partial charge < -0.3 is 10.2 Å². The van der Waals surface area contributed by atoms with Gasteiger partial charge in [0.05, 0.1) is 6.04 Å². The number of hydrogen-bond donors (Lipinski definition) is 1. The van der Waals surface area contributed by atoms with E-state index in [1.807, 2.05) is 7.05 Å². The molecule has 1 fully saturated rings. The number of amides is 1. The second kappa shape index (κ2) is 5.33. The van der Waals surface area contributed by atoms with E-state index in [2.05, 4.69) is 34.5 Å². The van der Waals surface area contributed by atoms with Crippen molar-refractivity contribution in [2.24, 2.45) is 0 Å². The van der Waals surface area contributed by atoms with Gasteiger partial charge in [-0.05, 0) is 43.9 Å². The molecule has 0 aromatic heterocycles. The van der Waals surface area contributed by atoms with Crippen LogP contribution in [0.2, 0.25) is 0 Å². The van der Waals surface area contributed by atoms with Gasteiger partial charge in [0.25, 0.3) is 0 Å². The topological polar surface area (TPSA) is 32.3 Å². The van der Waals surface area contributed by atoms with Gasteiger partial charge in [-0.15, -0.1) is 0 Å². The monoisotopic (exact) mass is 258 g/mol.